The van der Waals surface area contributed by atoms with Gasteiger partial charge in [0.25, 0.3) is 0 Å². The Morgan fingerprint density at radius 1 is 1.47 bits per heavy atom. The van der Waals surface area contributed by atoms with Crippen molar-refractivity contribution < 1.29 is 9.13 Å². The molecule has 4 heteroatoms. The highest BCUT2D eigenvalue weighted by molar-refractivity contribution is 6.31. The highest BCUT2D eigenvalue weighted by atomic mass is 35.5. The lowest BCUT2D eigenvalue weighted by Crippen LogP contribution is -2.26. The fourth-order valence-corrected chi connectivity index (χ4v) is 2.51. The third-order valence-electron chi connectivity index (χ3n) is 3.30. The number of nitrogens with two attached hydrogens (primary N) is 1. The predicted molar refractivity (Wildman–Crippen MR) is 66.6 cm³/mol. The van der Waals surface area contributed by atoms with Crippen LogP contribution in [0.5, 0.6) is 0 Å². The summed E-state index contributed by atoms with van der Waals surface area (Å²) in [5.41, 5.74) is 7.48. The van der Waals surface area contributed by atoms with Gasteiger partial charge < -0.3 is 10.5 Å². The van der Waals surface area contributed by atoms with E-state index in [1.807, 2.05) is 6.92 Å². The largest absolute Gasteiger partial charge is 0.373 e. The lowest BCUT2D eigenvalue weighted by atomic mass is 9.98. The first kappa shape index (κ1) is 12.8. The van der Waals surface area contributed by atoms with Crippen LogP contribution in [0.25, 0.3) is 0 Å². The summed E-state index contributed by atoms with van der Waals surface area (Å²) in [6, 6.07) is 2.76. The van der Waals surface area contributed by atoms with Crippen LogP contribution < -0.4 is 5.73 Å². The predicted octanol–water partition coefficient (Wildman–Crippen LogP) is 3.35. The van der Waals surface area contributed by atoms with Crippen LogP contribution in [-0.4, -0.2) is 12.2 Å². The van der Waals surface area contributed by atoms with Crippen LogP contribution in [0.1, 0.15) is 36.9 Å². The van der Waals surface area contributed by atoms with E-state index in [0.717, 1.165) is 18.4 Å². The molecule has 0 saturated carbocycles. The zero-order valence-electron chi connectivity index (χ0n) is 10.0. The first-order chi connectivity index (χ1) is 7.99. The van der Waals surface area contributed by atoms with E-state index in [4.69, 9.17) is 22.1 Å². The minimum Gasteiger partial charge on any atom is -0.373 e. The van der Waals surface area contributed by atoms with E-state index in [-0.39, 0.29) is 24.1 Å². The van der Waals surface area contributed by atoms with Crippen LogP contribution >= 0.6 is 11.6 Å². The van der Waals surface area contributed by atoms with Crippen LogP contribution in [0.15, 0.2) is 12.1 Å². The zero-order chi connectivity index (χ0) is 12.6. The Balaban J connectivity index is 2.24. The third-order valence-corrected chi connectivity index (χ3v) is 3.63. The zero-order valence-corrected chi connectivity index (χ0v) is 10.8. The standard InChI is InChI=1S/C13H17ClFNO/c1-7-5-9(10(14)6-11(7)15)13(16)12-4-3-8(2)17-12/h5-6,8,12-13H,3-4,16H2,1-2H3. The number of rotatable bonds is 2. The molecule has 0 bridgehead atoms. The Hall–Kier alpha value is -0.640. The molecule has 1 aliphatic rings. The minimum absolute atomic E-state index is 0.0210. The van der Waals surface area contributed by atoms with E-state index >= 15 is 0 Å². The summed E-state index contributed by atoms with van der Waals surface area (Å²) in [4.78, 5) is 0. The van der Waals surface area contributed by atoms with Gasteiger partial charge in [0.05, 0.1) is 18.2 Å². The topological polar surface area (TPSA) is 35.2 Å². The summed E-state index contributed by atoms with van der Waals surface area (Å²) in [5.74, 6) is -0.299. The SMILES string of the molecule is Cc1cc(C(N)C2CCC(C)O2)c(Cl)cc1F. The van der Waals surface area contributed by atoms with Gasteiger partial charge in [0.1, 0.15) is 5.82 Å². The first-order valence-electron chi connectivity index (χ1n) is 5.85. The highest BCUT2D eigenvalue weighted by Gasteiger charge is 2.29. The molecule has 94 valence electrons. The van der Waals surface area contributed by atoms with Gasteiger partial charge in [0.15, 0.2) is 0 Å². The molecule has 1 aromatic rings. The monoisotopic (exact) mass is 257 g/mol. The molecule has 0 radical (unpaired) electrons. The molecule has 1 aliphatic heterocycles. The lowest BCUT2D eigenvalue weighted by molar-refractivity contribution is 0.0401. The number of aryl methyl sites for hydroxylation is 1. The van der Waals surface area contributed by atoms with E-state index in [1.54, 1.807) is 13.0 Å². The van der Waals surface area contributed by atoms with Crippen molar-refractivity contribution in [1.82, 2.24) is 0 Å². The van der Waals surface area contributed by atoms with Crippen LogP contribution in [0, 0.1) is 12.7 Å². The normalized spacial score (nSPS) is 26.2. The second-order valence-corrected chi connectivity index (χ2v) is 5.12. The van der Waals surface area contributed by atoms with Crippen molar-refractivity contribution in [3.63, 3.8) is 0 Å². The molecular weight excluding hydrogens is 241 g/mol. The molecule has 1 heterocycles. The van der Waals surface area contributed by atoms with Gasteiger partial charge in [-0.3, -0.25) is 0 Å². The van der Waals surface area contributed by atoms with E-state index in [0.29, 0.717) is 10.6 Å². The number of halogens is 2. The van der Waals surface area contributed by atoms with Crippen LogP contribution in [0.4, 0.5) is 4.39 Å². The van der Waals surface area contributed by atoms with Gasteiger partial charge in [-0.15, -0.1) is 0 Å². The van der Waals surface area contributed by atoms with Gasteiger partial charge in [-0.05, 0) is 43.9 Å². The van der Waals surface area contributed by atoms with Crippen LogP contribution in [-0.2, 0) is 4.74 Å². The minimum atomic E-state index is -0.299. The van der Waals surface area contributed by atoms with Crippen molar-refractivity contribution >= 4 is 11.6 Å². The summed E-state index contributed by atoms with van der Waals surface area (Å²) in [5, 5.41) is 0.378. The Bertz CT molecular complexity index is 424. The van der Waals surface area contributed by atoms with E-state index < -0.39 is 0 Å². The van der Waals surface area contributed by atoms with Crippen molar-refractivity contribution in [2.24, 2.45) is 5.73 Å². The molecule has 2 N–H and O–H groups in total. The number of benzene rings is 1. The van der Waals surface area contributed by atoms with E-state index in [9.17, 15) is 4.39 Å². The number of hydrogen-bond donors (Lipinski definition) is 1. The van der Waals surface area contributed by atoms with Crippen LogP contribution in [0.2, 0.25) is 5.02 Å². The highest BCUT2D eigenvalue weighted by Crippen LogP contribution is 2.33. The molecule has 0 aromatic heterocycles. The summed E-state index contributed by atoms with van der Waals surface area (Å²) in [7, 11) is 0. The van der Waals surface area contributed by atoms with Crippen molar-refractivity contribution in [1.29, 1.82) is 0 Å². The fraction of sp³-hybridized carbons (Fsp3) is 0.538. The summed E-state index contributed by atoms with van der Waals surface area (Å²) >= 11 is 6.04. The second kappa shape index (κ2) is 4.92. The molecule has 2 nitrogen and oxygen atoms in total. The molecule has 1 aromatic carbocycles. The number of ether oxygens (including phenoxy) is 1. The Morgan fingerprint density at radius 2 is 2.18 bits per heavy atom. The average Bonchev–Trinajstić information content (AvgIpc) is 2.69. The molecule has 0 amide bonds. The molecule has 1 fully saturated rings. The molecule has 3 atom stereocenters. The molecule has 3 unspecified atom stereocenters. The molecule has 1 saturated heterocycles. The average molecular weight is 258 g/mol. The van der Waals surface area contributed by atoms with E-state index in [1.165, 1.54) is 6.07 Å². The third kappa shape index (κ3) is 2.62. The van der Waals surface area contributed by atoms with Gasteiger partial charge in [0.2, 0.25) is 0 Å². The van der Waals surface area contributed by atoms with Gasteiger partial charge in [-0.25, -0.2) is 4.39 Å². The summed E-state index contributed by atoms with van der Waals surface area (Å²) in [6.45, 7) is 3.74. The summed E-state index contributed by atoms with van der Waals surface area (Å²) < 4.78 is 19.0. The maximum atomic E-state index is 13.3. The fourth-order valence-electron chi connectivity index (χ4n) is 2.23. The lowest BCUT2D eigenvalue weighted by Gasteiger charge is -2.21. The quantitative estimate of drug-likeness (QED) is 0.882. The Morgan fingerprint density at radius 3 is 2.76 bits per heavy atom. The van der Waals surface area contributed by atoms with Gasteiger partial charge in [0, 0.05) is 5.02 Å². The van der Waals surface area contributed by atoms with Crippen molar-refractivity contribution in [2.45, 2.75) is 44.9 Å². The number of hydrogen-bond acceptors (Lipinski definition) is 2. The smallest absolute Gasteiger partial charge is 0.127 e. The molecule has 0 spiro atoms. The first-order valence-corrected chi connectivity index (χ1v) is 6.23. The van der Waals surface area contributed by atoms with Crippen LogP contribution in [0.3, 0.4) is 0 Å². The summed E-state index contributed by atoms with van der Waals surface area (Å²) in [6.07, 6.45) is 2.16. The van der Waals surface area contributed by atoms with Crippen molar-refractivity contribution in [3.05, 3.63) is 34.1 Å². The maximum Gasteiger partial charge on any atom is 0.127 e. The van der Waals surface area contributed by atoms with Crippen molar-refractivity contribution in [2.75, 3.05) is 0 Å². The Kier molecular flexibility index (Phi) is 3.71. The molecule has 2 rings (SSSR count). The second-order valence-electron chi connectivity index (χ2n) is 4.71. The van der Waals surface area contributed by atoms with Crippen molar-refractivity contribution in [3.8, 4) is 0 Å². The maximum absolute atomic E-state index is 13.3. The Labute approximate surface area is 106 Å². The van der Waals surface area contributed by atoms with Gasteiger partial charge in [-0.2, -0.15) is 0 Å². The molecular formula is C13H17ClFNO. The van der Waals surface area contributed by atoms with E-state index in [2.05, 4.69) is 0 Å². The molecule has 17 heavy (non-hydrogen) atoms. The van der Waals surface area contributed by atoms with Gasteiger partial charge in [-0.1, -0.05) is 17.7 Å². The van der Waals surface area contributed by atoms with Gasteiger partial charge >= 0.3 is 0 Å². The molecule has 0 aliphatic carbocycles.